The highest BCUT2D eigenvalue weighted by molar-refractivity contribution is 14.1. The summed E-state index contributed by atoms with van der Waals surface area (Å²) in [6.07, 6.45) is 0. The van der Waals surface area contributed by atoms with Gasteiger partial charge in [0, 0.05) is 9.26 Å². The van der Waals surface area contributed by atoms with Gasteiger partial charge in [-0.2, -0.15) is 0 Å². The van der Waals surface area contributed by atoms with E-state index in [2.05, 4.69) is 27.9 Å². The first-order valence-electron chi connectivity index (χ1n) is 5.13. The van der Waals surface area contributed by atoms with E-state index < -0.39 is 6.04 Å². The molecule has 88 valence electrons. The molecule has 16 heavy (non-hydrogen) atoms. The van der Waals surface area contributed by atoms with Gasteiger partial charge in [0.15, 0.2) is 0 Å². The highest BCUT2D eigenvalue weighted by Gasteiger charge is 2.27. The largest absolute Gasteiger partial charge is 0.325 e. The molecule has 1 aromatic carbocycles. The van der Waals surface area contributed by atoms with Crippen LogP contribution in [0.1, 0.15) is 20.8 Å². The highest BCUT2D eigenvalue weighted by Crippen LogP contribution is 2.19. The molecular formula is C12H17IN2O. The summed E-state index contributed by atoms with van der Waals surface area (Å²) in [5.41, 5.74) is 6.41. The molecule has 0 fully saturated rings. The zero-order valence-electron chi connectivity index (χ0n) is 9.75. The van der Waals surface area contributed by atoms with E-state index in [1.165, 1.54) is 0 Å². The Morgan fingerprint density at radius 2 is 1.81 bits per heavy atom. The summed E-state index contributed by atoms with van der Waals surface area (Å²) in [5.74, 6) is -0.145. The third-order valence-electron chi connectivity index (χ3n) is 2.33. The smallest absolute Gasteiger partial charge is 0.241 e. The zero-order valence-corrected chi connectivity index (χ0v) is 11.9. The minimum Gasteiger partial charge on any atom is -0.325 e. The Hall–Kier alpha value is -0.620. The van der Waals surface area contributed by atoms with E-state index in [0.717, 1.165) is 9.26 Å². The molecule has 3 nitrogen and oxygen atoms in total. The molecule has 1 amide bonds. The Labute approximate surface area is 110 Å². The molecular weight excluding hydrogens is 315 g/mol. The average molecular weight is 332 g/mol. The van der Waals surface area contributed by atoms with Crippen LogP contribution >= 0.6 is 22.6 Å². The Bertz CT molecular complexity index is 368. The molecule has 1 aromatic rings. The number of nitrogens with one attached hydrogen (secondary N) is 1. The predicted molar refractivity (Wildman–Crippen MR) is 75.2 cm³/mol. The zero-order chi connectivity index (χ0) is 12.3. The summed E-state index contributed by atoms with van der Waals surface area (Å²) >= 11 is 2.22. The van der Waals surface area contributed by atoms with E-state index in [-0.39, 0.29) is 11.3 Å². The van der Waals surface area contributed by atoms with Crippen molar-refractivity contribution in [3.8, 4) is 0 Å². The van der Waals surface area contributed by atoms with Crippen molar-refractivity contribution in [1.82, 2.24) is 0 Å². The fourth-order valence-corrected chi connectivity index (χ4v) is 1.51. The minimum absolute atomic E-state index is 0.145. The van der Waals surface area contributed by atoms with Crippen molar-refractivity contribution in [2.45, 2.75) is 26.8 Å². The summed E-state index contributed by atoms with van der Waals surface area (Å²) in [6, 6.07) is 7.12. The van der Waals surface area contributed by atoms with E-state index in [1.54, 1.807) is 0 Å². The summed E-state index contributed by atoms with van der Waals surface area (Å²) in [4.78, 5) is 11.8. The fraction of sp³-hybridized carbons (Fsp3) is 0.417. The first-order chi connectivity index (χ1) is 7.30. The van der Waals surface area contributed by atoms with Crippen LogP contribution in [0.15, 0.2) is 24.3 Å². The SMILES string of the molecule is CC(C)(C)[C@H](N)C(=O)Nc1ccc(I)cc1. The summed E-state index contributed by atoms with van der Waals surface area (Å²) in [7, 11) is 0. The van der Waals surface area contributed by atoms with Crippen molar-refractivity contribution >= 4 is 34.2 Å². The standard InChI is InChI=1S/C12H17IN2O/c1-12(2,3)10(14)11(16)15-9-6-4-8(13)5-7-9/h4-7,10H,14H2,1-3H3,(H,15,16)/t10-/m1/s1. The molecule has 0 unspecified atom stereocenters. The maximum Gasteiger partial charge on any atom is 0.241 e. The number of nitrogens with two attached hydrogens (primary N) is 1. The van der Waals surface area contributed by atoms with Crippen LogP contribution in [-0.2, 0) is 4.79 Å². The van der Waals surface area contributed by atoms with Crippen LogP contribution in [0, 0.1) is 8.99 Å². The van der Waals surface area contributed by atoms with Crippen molar-refractivity contribution in [2.24, 2.45) is 11.1 Å². The van der Waals surface area contributed by atoms with E-state index in [0.29, 0.717) is 0 Å². The normalized spacial score (nSPS) is 13.3. The Balaban J connectivity index is 2.68. The number of hydrogen-bond acceptors (Lipinski definition) is 2. The molecule has 0 aliphatic heterocycles. The second-order valence-electron chi connectivity index (χ2n) is 4.84. The van der Waals surface area contributed by atoms with Crippen LogP contribution < -0.4 is 11.1 Å². The van der Waals surface area contributed by atoms with Gasteiger partial charge in [-0.3, -0.25) is 4.79 Å². The molecule has 0 aliphatic rings. The van der Waals surface area contributed by atoms with Gasteiger partial charge < -0.3 is 11.1 Å². The van der Waals surface area contributed by atoms with Gasteiger partial charge in [0.25, 0.3) is 0 Å². The Kier molecular flexibility index (Phi) is 4.32. The highest BCUT2D eigenvalue weighted by atomic mass is 127. The van der Waals surface area contributed by atoms with E-state index in [4.69, 9.17) is 5.73 Å². The van der Waals surface area contributed by atoms with Crippen LogP contribution in [0.4, 0.5) is 5.69 Å². The number of rotatable bonds is 2. The molecule has 3 N–H and O–H groups in total. The maximum absolute atomic E-state index is 11.8. The summed E-state index contributed by atoms with van der Waals surface area (Å²) in [5, 5.41) is 2.81. The average Bonchev–Trinajstić information content (AvgIpc) is 2.19. The second-order valence-corrected chi connectivity index (χ2v) is 6.09. The number of carbonyl (C=O) groups is 1. The first kappa shape index (κ1) is 13.4. The molecule has 1 atom stereocenters. The molecule has 4 heteroatoms. The van der Waals surface area contributed by atoms with Gasteiger partial charge in [-0.1, -0.05) is 20.8 Å². The predicted octanol–water partition coefficient (Wildman–Crippen LogP) is 2.60. The van der Waals surface area contributed by atoms with Crippen molar-refractivity contribution < 1.29 is 4.79 Å². The lowest BCUT2D eigenvalue weighted by molar-refractivity contribution is -0.119. The monoisotopic (exact) mass is 332 g/mol. The lowest BCUT2D eigenvalue weighted by Crippen LogP contribution is -2.45. The van der Waals surface area contributed by atoms with Crippen LogP contribution in [0.5, 0.6) is 0 Å². The van der Waals surface area contributed by atoms with E-state index in [1.807, 2.05) is 45.0 Å². The second kappa shape index (κ2) is 5.14. The number of halogens is 1. The molecule has 0 heterocycles. The summed E-state index contributed by atoms with van der Waals surface area (Å²) in [6.45, 7) is 5.85. The number of carbonyl (C=O) groups excluding carboxylic acids is 1. The minimum atomic E-state index is -0.508. The molecule has 1 rings (SSSR count). The van der Waals surface area contributed by atoms with E-state index >= 15 is 0 Å². The number of amides is 1. The number of anilines is 1. The molecule has 0 saturated carbocycles. The molecule has 0 bridgehead atoms. The number of benzene rings is 1. The lowest BCUT2D eigenvalue weighted by Gasteiger charge is -2.25. The van der Waals surface area contributed by atoms with Gasteiger partial charge in [0.05, 0.1) is 6.04 Å². The first-order valence-corrected chi connectivity index (χ1v) is 6.20. The maximum atomic E-state index is 11.8. The van der Waals surface area contributed by atoms with Crippen LogP contribution in [0.2, 0.25) is 0 Å². The van der Waals surface area contributed by atoms with Gasteiger partial charge in [0.2, 0.25) is 5.91 Å². The fourth-order valence-electron chi connectivity index (χ4n) is 1.15. The Morgan fingerprint density at radius 3 is 2.25 bits per heavy atom. The van der Waals surface area contributed by atoms with Crippen molar-refractivity contribution in [3.63, 3.8) is 0 Å². The van der Waals surface area contributed by atoms with Gasteiger partial charge in [-0.25, -0.2) is 0 Å². The molecule has 0 spiro atoms. The van der Waals surface area contributed by atoms with Crippen LogP contribution in [0.25, 0.3) is 0 Å². The van der Waals surface area contributed by atoms with Crippen LogP contribution in [0.3, 0.4) is 0 Å². The lowest BCUT2D eigenvalue weighted by atomic mass is 9.87. The quantitative estimate of drug-likeness (QED) is 0.818. The molecule has 0 radical (unpaired) electrons. The summed E-state index contributed by atoms with van der Waals surface area (Å²) < 4.78 is 1.13. The van der Waals surface area contributed by atoms with Gasteiger partial charge in [-0.05, 0) is 52.3 Å². The van der Waals surface area contributed by atoms with Crippen molar-refractivity contribution in [1.29, 1.82) is 0 Å². The molecule has 0 aliphatic carbocycles. The number of hydrogen-bond donors (Lipinski definition) is 2. The van der Waals surface area contributed by atoms with Crippen molar-refractivity contribution in [2.75, 3.05) is 5.32 Å². The van der Waals surface area contributed by atoms with Gasteiger partial charge in [-0.15, -0.1) is 0 Å². The third kappa shape index (κ3) is 3.75. The molecule has 0 saturated heterocycles. The third-order valence-corrected chi connectivity index (χ3v) is 3.05. The van der Waals surface area contributed by atoms with Crippen molar-refractivity contribution in [3.05, 3.63) is 27.8 Å². The topological polar surface area (TPSA) is 55.1 Å². The Morgan fingerprint density at radius 1 is 1.31 bits per heavy atom. The van der Waals surface area contributed by atoms with Gasteiger partial charge >= 0.3 is 0 Å². The van der Waals surface area contributed by atoms with Crippen LogP contribution in [-0.4, -0.2) is 11.9 Å². The van der Waals surface area contributed by atoms with Gasteiger partial charge in [0.1, 0.15) is 0 Å². The van der Waals surface area contributed by atoms with E-state index in [9.17, 15) is 4.79 Å². The molecule has 0 aromatic heterocycles.